The Morgan fingerprint density at radius 3 is 2.71 bits per heavy atom. The number of hydrogen-bond donors (Lipinski definition) is 2. The fourth-order valence-electron chi connectivity index (χ4n) is 1.84. The van der Waals surface area contributed by atoms with E-state index in [0.29, 0.717) is 44.3 Å². The van der Waals surface area contributed by atoms with Crippen LogP contribution in [0.5, 0.6) is 5.88 Å². The Morgan fingerprint density at radius 2 is 2.05 bits per heavy atom. The largest absolute Gasteiger partial charge is 0.477 e. The Balaban J connectivity index is 2.58. The Labute approximate surface area is 124 Å². The van der Waals surface area contributed by atoms with E-state index >= 15 is 0 Å². The third-order valence-electron chi connectivity index (χ3n) is 2.78. The van der Waals surface area contributed by atoms with Gasteiger partial charge in [0.1, 0.15) is 0 Å². The molecule has 0 radical (unpaired) electrons. The van der Waals surface area contributed by atoms with E-state index in [1.807, 2.05) is 19.9 Å². The van der Waals surface area contributed by atoms with E-state index < -0.39 is 0 Å². The standard InChI is InChI=1S/C14H23N3O4/c1-10-9-11(2)16-14(12(10)13(15)17-18)21-6-4-5-20-8-7-19-3/h9,18H,4-8H2,1-3H3,(H2,15,17). The molecule has 21 heavy (non-hydrogen) atoms. The Kier molecular flexibility index (Phi) is 7.49. The zero-order chi connectivity index (χ0) is 15.7. The highest BCUT2D eigenvalue weighted by molar-refractivity contribution is 6.00. The molecule has 1 aromatic rings. The van der Waals surface area contributed by atoms with Gasteiger partial charge in [0.05, 0.1) is 25.4 Å². The van der Waals surface area contributed by atoms with Crippen LogP contribution in [-0.4, -0.2) is 49.6 Å². The summed E-state index contributed by atoms with van der Waals surface area (Å²) < 4.78 is 15.9. The third-order valence-corrected chi connectivity index (χ3v) is 2.78. The summed E-state index contributed by atoms with van der Waals surface area (Å²) >= 11 is 0. The lowest BCUT2D eigenvalue weighted by Crippen LogP contribution is -2.18. The average molecular weight is 297 g/mol. The molecule has 0 spiro atoms. The van der Waals surface area contributed by atoms with Gasteiger partial charge in [0.15, 0.2) is 5.84 Å². The van der Waals surface area contributed by atoms with Crippen molar-refractivity contribution in [3.8, 4) is 5.88 Å². The number of aryl methyl sites for hydroxylation is 2. The second kappa shape index (κ2) is 9.15. The molecule has 0 aromatic carbocycles. The van der Waals surface area contributed by atoms with Crippen molar-refractivity contribution < 1.29 is 19.4 Å². The molecular weight excluding hydrogens is 274 g/mol. The Bertz CT molecular complexity index is 478. The molecular formula is C14H23N3O4. The minimum Gasteiger partial charge on any atom is -0.477 e. The monoisotopic (exact) mass is 297 g/mol. The molecule has 0 bridgehead atoms. The van der Waals surface area contributed by atoms with Gasteiger partial charge in [-0.05, 0) is 25.5 Å². The summed E-state index contributed by atoms with van der Waals surface area (Å²) in [4.78, 5) is 4.30. The van der Waals surface area contributed by atoms with Crippen LogP contribution < -0.4 is 10.5 Å². The van der Waals surface area contributed by atoms with E-state index in [1.54, 1.807) is 7.11 Å². The predicted octanol–water partition coefficient (Wildman–Crippen LogP) is 1.22. The van der Waals surface area contributed by atoms with Crippen molar-refractivity contribution in [2.24, 2.45) is 10.9 Å². The number of nitrogens with two attached hydrogens (primary N) is 1. The molecule has 1 aromatic heterocycles. The number of aromatic nitrogens is 1. The lowest BCUT2D eigenvalue weighted by Gasteiger charge is -2.13. The van der Waals surface area contributed by atoms with Gasteiger partial charge in [-0.1, -0.05) is 5.16 Å². The van der Waals surface area contributed by atoms with Crippen LogP contribution in [0, 0.1) is 13.8 Å². The fraction of sp³-hybridized carbons (Fsp3) is 0.571. The maximum atomic E-state index is 8.85. The van der Waals surface area contributed by atoms with E-state index in [4.69, 9.17) is 25.2 Å². The number of nitrogens with zero attached hydrogens (tertiary/aromatic N) is 2. The molecule has 0 fully saturated rings. The van der Waals surface area contributed by atoms with Gasteiger partial charge < -0.3 is 25.2 Å². The van der Waals surface area contributed by atoms with Crippen LogP contribution in [0.2, 0.25) is 0 Å². The molecule has 0 atom stereocenters. The molecule has 0 saturated heterocycles. The van der Waals surface area contributed by atoms with Crippen LogP contribution in [-0.2, 0) is 9.47 Å². The molecule has 0 aliphatic rings. The molecule has 0 aliphatic carbocycles. The van der Waals surface area contributed by atoms with Gasteiger partial charge in [0, 0.05) is 25.8 Å². The second-order valence-corrected chi connectivity index (χ2v) is 4.55. The molecule has 1 heterocycles. The second-order valence-electron chi connectivity index (χ2n) is 4.55. The van der Waals surface area contributed by atoms with Crippen molar-refractivity contribution in [3.05, 3.63) is 22.9 Å². The van der Waals surface area contributed by atoms with Crippen molar-refractivity contribution in [1.29, 1.82) is 0 Å². The summed E-state index contributed by atoms with van der Waals surface area (Å²) in [6.07, 6.45) is 0.716. The summed E-state index contributed by atoms with van der Waals surface area (Å²) in [5.74, 6) is 0.367. The van der Waals surface area contributed by atoms with E-state index in [0.717, 1.165) is 11.3 Å². The fourth-order valence-corrected chi connectivity index (χ4v) is 1.84. The lowest BCUT2D eigenvalue weighted by atomic mass is 10.1. The molecule has 1 rings (SSSR count). The molecule has 118 valence electrons. The molecule has 7 heteroatoms. The molecule has 0 amide bonds. The molecule has 7 nitrogen and oxygen atoms in total. The van der Waals surface area contributed by atoms with E-state index in [-0.39, 0.29) is 5.84 Å². The van der Waals surface area contributed by atoms with Crippen LogP contribution in [0.3, 0.4) is 0 Å². The van der Waals surface area contributed by atoms with Crippen molar-refractivity contribution in [2.45, 2.75) is 20.3 Å². The number of methoxy groups -OCH3 is 1. The number of hydrogen-bond acceptors (Lipinski definition) is 6. The number of pyridine rings is 1. The number of amidine groups is 1. The van der Waals surface area contributed by atoms with Gasteiger partial charge in [0.2, 0.25) is 5.88 Å². The van der Waals surface area contributed by atoms with E-state index in [2.05, 4.69) is 10.1 Å². The number of oxime groups is 1. The molecule has 0 saturated carbocycles. The highest BCUT2D eigenvalue weighted by Gasteiger charge is 2.14. The SMILES string of the molecule is COCCOCCCOc1nc(C)cc(C)c1/C(N)=N/O. The quantitative estimate of drug-likeness (QED) is 0.234. The third kappa shape index (κ3) is 5.57. The van der Waals surface area contributed by atoms with Crippen LogP contribution in [0.1, 0.15) is 23.2 Å². The maximum Gasteiger partial charge on any atom is 0.225 e. The van der Waals surface area contributed by atoms with Crippen LogP contribution in [0.25, 0.3) is 0 Å². The first-order chi connectivity index (χ1) is 10.1. The first-order valence-corrected chi connectivity index (χ1v) is 6.75. The highest BCUT2D eigenvalue weighted by atomic mass is 16.5. The summed E-state index contributed by atoms with van der Waals surface area (Å²) in [6.45, 7) is 5.88. The van der Waals surface area contributed by atoms with Gasteiger partial charge in [-0.25, -0.2) is 4.98 Å². The first-order valence-electron chi connectivity index (χ1n) is 6.75. The topological polar surface area (TPSA) is 99.2 Å². The first kappa shape index (κ1) is 17.2. The minimum absolute atomic E-state index is 0.00801. The Morgan fingerprint density at radius 1 is 1.29 bits per heavy atom. The normalized spacial score (nSPS) is 11.7. The van der Waals surface area contributed by atoms with Gasteiger partial charge in [-0.2, -0.15) is 0 Å². The smallest absolute Gasteiger partial charge is 0.225 e. The lowest BCUT2D eigenvalue weighted by molar-refractivity contribution is 0.0642. The van der Waals surface area contributed by atoms with Crippen molar-refractivity contribution in [3.63, 3.8) is 0 Å². The maximum absolute atomic E-state index is 8.85. The van der Waals surface area contributed by atoms with Gasteiger partial charge >= 0.3 is 0 Å². The van der Waals surface area contributed by atoms with Crippen molar-refractivity contribution >= 4 is 5.84 Å². The predicted molar refractivity (Wildman–Crippen MR) is 79.0 cm³/mol. The zero-order valence-corrected chi connectivity index (χ0v) is 12.8. The summed E-state index contributed by atoms with van der Waals surface area (Å²) in [7, 11) is 1.63. The Hall–Kier alpha value is -1.86. The molecule has 0 aliphatic heterocycles. The van der Waals surface area contributed by atoms with Crippen LogP contribution in [0.4, 0.5) is 0 Å². The number of ether oxygens (including phenoxy) is 3. The van der Waals surface area contributed by atoms with Gasteiger partial charge in [-0.15, -0.1) is 0 Å². The number of rotatable bonds is 9. The zero-order valence-electron chi connectivity index (χ0n) is 12.8. The van der Waals surface area contributed by atoms with E-state index in [9.17, 15) is 0 Å². The van der Waals surface area contributed by atoms with Crippen LogP contribution in [0.15, 0.2) is 11.2 Å². The summed E-state index contributed by atoms with van der Waals surface area (Å²) in [6, 6.07) is 1.86. The van der Waals surface area contributed by atoms with Crippen LogP contribution >= 0.6 is 0 Å². The van der Waals surface area contributed by atoms with E-state index in [1.165, 1.54) is 0 Å². The van der Waals surface area contributed by atoms with Gasteiger partial charge in [-0.3, -0.25) is 0 Å². The minimum atomic E-state index is -0.00801. The van der Waals surface area contributed by atoms with Crippen molar-refractivity contribution in [1.82, 2.24) is 4.98 Å². The van der Waals surface area contributed by atoms with Crippen molar-refractivity contribution in [2.75, 3.05) is 33.5 Å². The summed E-state index contributed by atoms with van der Waals surface area (Å²) in [5.41, 5.74) is 7.85. The summed E-state index contributed by atoms with van der Waals surface area (Å²) in [5, 5.41) is 11.9. The highest BCUT2D eigenvalue weighted by Crippen LogP contribution is 2.20. The van der Waals surface area contributed by atoms with Gasteiger partial charge in [0.25, 0.3) is 0 Å². The molecule has 3 N–H and O–H groups in total. The average Bonchev–Trinajstić information content (AvgIpc) is 2.45. The molecule has 0 unspecified atom stereocenters.